The van der Waals surface area contributed by atoms with Gasteiger partial charge in [0.2, 0.25) is 11.8 Å². The number of carbonyl (C=O) groups excluding carboxylic acids is 2. The minimum atomic E-state index is -0.0902. The summed E-state index contributed by atoms with van der Waals surface area (Å²) in [4.78, 5) is 31.4. The maximum atomic E-state index is 12.7. The summed E-state index contributed by atoms with van der Waals surface area (Å²) in [7, 11) is 0. The summed E-state index contributed by atoms with van der Waals surface area (Å²) in [6, 6.07) is 7.68. The molecular weight excluding hydrogens is 394 g/mol. The zero-order valence-electron chi connectivity index (χ0n) is 16.6. The van der Waals surface area contributed by atoms with Crippen LogP contribution in [0, 0.1) is 0 Å². The van der Waals surface area contributed by atoms with E-state index >= 15 is 0 Å². The molecule has 2 aliphatic rings. The molecule has 5 nitrogen and oxygen atoms in total. The number of rotatable bonds is 6. The fourth-order valence-electron chi connectivity index (χ4n) is 3.87. The third kappa shape index (κ3) is 5.88. The van der Waals surface area contributed by atoms with Crippen molar-refractivity contribution >= 4 is 35.2 Å². The van der Waals surface area contributed by atoms with Crippen molar-refractivity contribution in [3.63, 3.8) is 0 Å². The molecule has 1 unspecified atom stereocenters. The van der Waals surface area contributed by atoms with E-state index in [-0.39, 0.29) is 17.9 Å². The normalized spacial score (nSPS) is 19.5. The van der Waals surface area contributed by atoms with E-state index in [1.807, 2.05) is 41.0 Å². The van der Waals surface area contributed by atoms with Crippen molar-refractivity contribution in [1.82, 2.24) is 14.7 Å². The smallest absolute Gasteiger partial charge is 0.239 e. The molecule has 1 aromatic carbocycles. The van der Waals surface area contributed by atoms with E-state index in [0.717, 1.165) is 55.4 Å². The second-order valence-electron chi connectivity index (χ2n) is 7.60. The number of piperidine rings is 1. The van der Waals surface area contributed by atoms with Gasteiger partial charge in [0.15, 0.2) is 0 Å². The van der Waals surface area contributed by atoms with Gasteiger partial charge in [0.1, 0.15) is 0 Å². The zero-order valence-corrected chi connectivity index (χ0v) is 18.2. The number of piperazine rings is 1. The first kappa shape index (κ1) is 21.5. The van der Waals surface area contributed by atoms with E-state index in [2.05, 4.69) is 4.90 Å². The number of hydrogen-bond acceptors (Lipinski definition) is 4. The molecule has 0 aliphatic carbocycles. The summed E-state index contributed by atoms with van der Waals surface area (Å²) in [6.07, 6.45) is 3.47. The van der Waals surface area contributed by atoms with Crippen molar-refractivity contribution in [3.05, 3.63) is 34.9 Å². The Kier molecular flexibility index (Phi) is 8.06. The summed E-state index contributed by atoms with van der Waals surface area (Å²) < 4.78 is 0. The largest absolute Gasteiger partial charge is 0.341 e. The number of likely N-dealkylation sites (tertiary alicyclic amines) is 1. The second-order valence-corrected chi connectivity index (χ2v) is 9.02. The van der Waals surface area contributed by atoms with E-state index in [0.29, 0.717) is 18.8 Å². The minimum Gasteiger partial charge on any atom is -0.341 e. The highest BCUT2D eigenvalue weighted by Crippen LogP contribution is 2.18. The molecule has 0 aromatic heterocycles. The average molecular weight is 424 g/mol. The monoisotopic (exact) mass is 423 g/mol. The minimum absolute atomic E-state index is 0.0902. The van der Waals surface area contributed by atoms with E-state index in [9.17, 15) is 9.59 Å². The maximum absolute atomic E-state index is 12.7. The first-order valence-corrected chi connectivity index (χ1v) is 11.7. The van der Waals surface area contributed by atoms with Gasteiger partial charge in [-0.05, 0) is 43.9 Å². The molecule has 1 atom stereocenters. The van der Waals surface area contributed by atoms with Crippen LogP contribution in [-0.2, 0) is 15.3 Å². The van der Waals surface area contributed by atoms with Gasteiger partial charge >= 0.3 is 0 Å². The van der Waals surface area contributed by atoms with Gasteiger partial charge in [0.25, 0.3) is 0 Å². The Morgan fingerprint density at radius 1 is 1.04 bits per heavy atom. The van der Waals surface area contributed by atoms with Gasteiger partial charge in [0, 0.05) is 50.0 Å². The van der Waals surface area contributed by atoms with Gasteiger partial charge in [-0.3, -0.25) is 14.5 Å². The van der Waals surface area contributed by atoms with Crippen LogP contribution in [0.1, 0.15) is 31.7 Å². The summed E-state index contributed by atoms with van der Waals surface area (Å²) in [5.41, 5.74) is 1.14. The van der Waals surface area contributed by atoms with Crippen molar-refractivity contribution in [2.75, 3.05) is 45.0 Å². The predicted octanol–water partition coefficient (Wildman–Crippen LogP) is 3.12. The van der Waals surface area contributed by atoms with E-state index in [1.54, 1.807) is 11.8 Å². The Balaban J connectivity index is 1.39. The molecule has 7 heteroatoms. The highest BCUT2D eigenvalue weighted by atomic mass is 35.5. The van der Waals surface area contributed by atoms with Gasteiger partial charge in [-0.15, -0.1) is 11.8 Å². The van der Waals surface area contributed by atoms with E-state index in [1.165, 1.54) is 6.42 Å². The molecular formula is C21H30ClN3O2S. The second kappa shape index (κ2) is 10.5. The van der Waals surface area contributed by atoms with Crippen LogP contribution in [-0.4, -0.2) is 77.6 Å². The highest BCUT2D eigenvalue weighted by Gasteiger charge is 2.30. The molecule has 0 bridgehead atoms. The molecule has 2 aliphatic heterocycles. The van der Waals surface area contributed by atoms with Crippen LogP contribution >= 0.6 is 23.4 Å². The predicted molar refractivity (Wildman–Crippen MR) is 116 cm³/mol. The van der Waals surface area contributed by atoms with Gasteiger partial charge in [-0.1, -0.05) is 23.7 Å². The maximum Gasteiger partial charge on any atom is 0.239 e. The molecule has 3 rings (SSSR count). The number of amides is 2. The van der Waals surface area contributed by atoms with Gasteiger partial charge in [-0.25, -0.2) is 0 Å². The van der Waals surface area contributed by atoms with Crippen LogP contribution in [0.2, 0.25) is 5.02 Å². The van der Waals surface area contributed by atoms with Crippen LogP contribution in [0.5, 0.6) is 0 Å². The lowest BCUT2D eigenvalue weighted by atomic mass is 10.1. The standard InChI is InChI=1S/C21H30ClN3O2S/c1-17(21(27)25-8-3-2-4-9-25)23-10-12-24(13-11-23)20(26)16-28-15-18-6-5-7-19(22)14-18/h5-7,14,17H,2-4,8-13,15-16H2,1H3. The van der Waals surface area contributed by atoms with Crippen molar-refractivity contribution < 1.29 is 9.59 Å². The summed E-state index contributed by atoms with van der Waals surface area (Å²) in [5, 5.41) is 0.730. The van der Waals surface area contributed by atoms with E-state index < -0.39 is 0 Å². The van der Waals surface area contributed by atoms with Gasteiger partial charge in [0.05, 0.1) is 11.8 Å². The average Bonchev–Trinajstić information content (AvgIpc) is 2.73. The number of hydrogen-bond donors (Lipinski definition) is 0. The molecule has 154 valence electrons. The number of halogens is 1. The van der Waals surface area contributed by atoms with Crippen LogP contribution in [0.4, 0.5) is 0 Å². The SMILES string of the molecule is CC(C(=O)N1CCCCC1)N1CCN(C(=O)CSCc2cccc(Cl)c2)CC1. The lowest BCUT2D eigenvalue weighted by molar-refractivity contribution is -0.139. The van der Waals surface area contributed by atoms with Crippen molar-refractivity contribution in [2.24, 2.45) is 0 Å². The number of nitrogens with zero attached hydrogens (tertiary/aromatic N) is 3. The Morgan fingerprint density at radius 2 is 1.75 bits per heavy atom. The molecule has 2 heterocycles. The number of carbonyl (C=O) groups is 2. The Bertz CT molecular complexity index is 673. The van der Waals surface area contributed by atoms with Gasteiger partial charge in [-0.2, -0.15) is 0 Å². The zero-order chi connectivity index (χ0) is 19.9. The molecule has 0 spiro atoms. The number of benzene rings is 1. The number of thioether (sulfide) groups is 1. The van der Waals surface area contributed by atoms with Crippen molar-refractivity contribution in [3.8, 4) is 0 Å². The third-order valence-corrected chi connectivity index (χ3v) is 6.85. The van der Waals surface area contributed by atoms with Crippen LogP contribution in [0.25, 0.3) is 0 Å². The first-order chi connectivity index (χ1) is 13.5. The Morgan fingerprint density at radius 3 is 2.43 bits per heavy atom. The lowest BCUT2D eigenvalue weighted by Gasteiger charge is -2.39. The highest BCUT2D eigenvalue weighted by molar-refractivity contribution is 7.99. The Hall–Kier alpha value is -1.24. The Labute approximate surface area is 177 Å². The van der Waals surface area contributed by atoms with Crippen molar-refractivity contribution in [2.45, 2.75) is 38.0 Å². The lowest BCUT2D eigenvalue weighted by Crippen LogP contribution is -2.56. The fraction of sp³-hybridized carbons (Fsp3) is 0.619. The summed E-state index contributed by atoms with van der Waals surface area (Å²) >= 11 is 7.63. The first-order valence-electron chi connectivity index (χ1n) is 10.2. The molecule has 2 amide bonds. The molecule has 1 aromatic rings. The van der Waals surface area contributed by atoms with Crippen LogP contribution < -0.4 is 0 Å². The summed E-state index contributed by atoms with van der Waals surface area (Å²) in [6.45, 7) is 6.74. The topological polar surface area (TPSA) is 43.9 Å². The molecule has 2 saturated heterocycles. The quantitative estimate of drug-likeness (QED) is 0.705. The van der Waals surface area contributed by atoms with Gasteiger partial charge < -0.3 is 9.80 Å². The van der Waals surface area contributed by atoms with Crippen LogP contribution in [0.15, 0.2) is 24.3 Å². The molecule has 0 N–H and O–H groups in total. The fourth-order valence-corrected chi connectivity index (χ4v) is 4.95. The van der Waals surface area contributed by atoms with Crippen LogP contribution in [0.3, 0.4) is 0 Å². The molecule has 28 heavy (non-hydrogen) atoms. The third-order valence-electron chi connectivity index (χ3n) is 5.62. The molecule has 0 radical (unpaired) electrons. The van der Waals surface area contributed by atoms with E-state index in [4.69, 9.17) is 11.6 Å². The molecule has 0 saturated carbocycles. The summed E-state index contributed by atoms with van der Waals surface area (Å²) in [5.74, 6) is 1.70. The molecule has 2 fully saturated rings. The van der Waals surface area contributed by atoms with Crippen molar-refractivity contribution in [1.29, 1.82) is 0 Å².